The first-order valence-corrected chi connectivity index (χ1v) is 8.53. The van der Waals surface area contributed by atoms with E-state index in [0.29, 0.717) is 11.6 Å². The maximum Gasteiger partial charge on any atom is 0.180 e. The smallest absolute Gasteiger partial charge is 0.180 e. The number of hydrogen-bond acceptors (Lipinski definition) is 6. The molecule has 25 heavy (non-hydrogen) atoms. The number of nitrogens with one attached hydrogen (secondary N) is 1. The van der Waals surface area contributed by atoms with Crippen LogP contribution >= 0.6 is 0 Å². The molecule has 0 spiro atoms. The number of rotatable bonds is 5. The van der Waals surface area contributed by atoms with Gasteiger partial charge in [0, 0.05) is 32.0 Å². The predicted molar refractivity (Wildman–Crippen MR) is 99.1 cm³/mol. The van der Waals surface area contributed by atoms with E-state index in [1.165, 1.54) is 5.69 Å². The molecule has 3 aromatic rings. The molecular weight excluding hydrogens is 314 g/mol. The highest BCUT2D eigenvalue weighted by Crippen LogP contribution is 2.32. The van der Waals surface area contributed by atoms with Crippen LogP contribution in [0.15, 0.2) is 48.8 Å². The van der Waals surface area contributed by atoms with Crippen LogP contribution < -0.4 is 15.0 Å². The number of para-hydroxylation sites is 2. The first-order valence-electron chi connectivity index (χ1n) is 8.53. The van der Waals surface area contributed by atoms with Gasteiger partial charge in [-0.1, -0.05) is 12.1 Å². The highest BCUT2D eigenvalue weighted by molar-refractivity contribution is 5.71. The van der Waals surface area contributed by atoms with Gasteiger partial charge < -0.3 is 15.0 Å². The minimum absolute atomic E-state index is 0.573. The fourth-order valence-electron chi connectivity index (χ4n) is 3.31. The summed E-state index contributed by atoms with van der Waals surface area (Å²) in [6.07, 6.45) is 4.50. The van der Waals surface area contributed by atoms with Crippen molar-refractivity contribution in [1.29, 1.82) is 0 Å². The van der Waals surface area contributed by atoms with E-state index >= 15 is 0 Å². The quantitative estimate of drug-likeness (QED) is 0.773. The van der Waals surface area contributed by atoms with Gasteiger partial charge in [-0.2, -0.15) is 0 Å². The highest BCUT2D eigenvalue weighted by atomic mass is 16.5. The molecule has 4 rings (SSSR count). The van der Waals surface area contributed by atoms with Crippen LogP contribution in [-0.4, -0.2) is 41.7 Å². The molecule has 6 nitrogen and oxygen atoms in total. The molecular formula is C19H21N5O. The Morgan fingerprint density at radius 1 is 1.16 bits per heavy atom. The van der Waals surface area contributed by atoms with Gasteiger partial charge in [0.2, 0.25) is 0 Å². The van der Waals surface area contributed by atoms with E-state index in [9.17, 15) is 0 Å². The molecule has 1 aliphatic heterocycles. The Kier molecular flexibility index (Phi) is 4.33. The number of aromatic nitrogens is 3. The summed E-state index contributed by atoms with van der Waals surface area (Å²) >= 11 is 0. The summed E-state index contributed by atoms with van der Waals surface area (Å²) in [5.74, 6) is 2.36. The second kappa shape index (κ2) is 6.93. The standard InChI is InChI=1S/C19H21N5O/c1-25-17-5-3-2-4-16(17)24-11-8-14(13-24)12-22-18-7-6-15-19(23-18)21-10-9-20-15/h2-7,9-10,14H,8,11-13H2,1H3,(H,21,22,23)/t14-/m1/s1. The maximum atomic E-state index is 5.48. The summed E-state index contributed by atoms with van der Waals surface area (Å²) in [6.45, 7) is 2.95. The lowest BCUT2D eigenvalue weighted by Crippen LogP contribution is -2.23. The van der Waals surface area contributed by atoms with Crippen LogP contribution in [-0.2, 0) is 0 Å². The summed E-state index contributed by atoms with van der Waals surface area (Å²) in [5.41, 5.74) is 2.66. The lowest BCUT2D eigenvalue weighted by Gasteiger charge is -2.21. The number of nitrogens with zero attached hydrogens (tertiary/aromatic N) is 4. The fraction of sp³-hybridized carbons (Fsp3) is 0.316. The van der Waals surface area contributed by atoms with Crippen molar-refractivity contribution < 1.29 is 4.74 Å². The minimum atomic E-state index is 0.573. The van der Waals surface area contributed by atoms with Crippen LogP contribution in [0.5, 0.6) is 5.75 Å². The molecule has 0 unspecified atom stereocenters. The van der Waals surface area contributed by atoms with Crippen LogP contribution in [0.25, 0.3) is 11.2 Å². The Morgan fingerprint density at radius 2 is 2.04 bits per heavy atom. The summed E-state index contributed by atoms with van der Waals surface area (Å²) < 4.78 is 5.48. The average molecular weight is 335 g/mol. The van der Waals surface area contributed by atoms with Gasteiger partial charge in [-0.15, -0.1) is 0 Å². The van der Waals surface area contributed by atoms with Crippen molar-refractivity contribution in [1.82, 2.24) is 15.0 Å². The number of hydrogen-bond donors (Lipinski definition) is 1. The molecule has 0 amide bonds. The maximum absolute atomic E-state index is 5.48. The SMILES string of the molecule is COc1ccccc1N1CC[C@H](CNc2ccc3nccnc3n2)C1. The molecule has 1 aromatic carbocycles. The van der Waals surface area contributed by atoms with Gasteiger partial charge in [0.1, 0.15) is 17.1 Å². The minimum Gasteiger partial charge on any atom is -0.495 e. The average Bonchev–Trinajstić information content (AvgIpc) is 3.15. The predicted octanol–water partition coefficient (Wildman–Crippen LogP) is 2.97. The summed E-state index contributed by atoms with van der Waals surface area (Å²) in [5, 5.41) is 3.44. The number of methoxy groups -OCH3 is 1. The molecule has 0 bridgehead atoms. The molecule has 0 radical (unpaired) electrons. The van der Waals surface area contributed by atoms with Crippen LogP contribution in [0.2, 0.25) is 0 Å². The molecule has 3 heterocycles. The highest BCUT2D eigenvalue weighted by Gasteiger charge is 2.24. The second-order valence-electron chi connectivity index (χ2n) is 6.25. The van der Waals surface area contributed by atoms with Crippen LogP contribution in [0.1, 0.15) is 6.42 Å². The first kappa shape index (κ1) is 15.6. The van der Waals surface area contributed by atoms with Crippen molar-refractivity contribution >= 4 is 22.7 Å². The molecule has 1 saturated heterocycles. The zero-order valence-corrected chi connectivity index (χ0v) is 14.2. The number of benzene rings is 1. The van der Waals surface area contributed by atoms with E-state index in [2.05, 4.69) is 37.3 Å². The van der Waals surface area contributed by atoms with Gasteiger partial charge in [-0.05, 0) is 36.6 Å². The molecule has 1 fully saturated rings. The molecule has 0 saturated carbocycles. The van der Waals surface area contributed by atoms with Crippen LogP contribution in [0.3, 0.4) is 0 Å². The molecule has 6 heteroatoms. The lowest BCUT2D eigenvalue weighted by atomic mass is 10.1. The third-order valence-electron chi connectivity index (χ3n) is 4.62. The third-order valence-corrected chi connectivity index (χ3v) is 4.62. The topological polar surface area (TPSA) is 63.2 Å². The molecule has 1 atom stereocenters. The largest absolute Gasteiger partial charge is 0.495 e. The summed E-state index contributed by atoms with van der Waals surface area (Å²) in [4.78, 5) is 15.4. The van der Waals surface area contributed by atoms with Gasteiger partial charge in [-0.3, -0.25) is 4.98 Å². The number of ether oxygens (including phenoxy) is 1. The normalized spacial score (nSPS) is 17.0. The number of pyridine rings is 1. The molecule has 1 N–H and O–H groups in total. The molecule has 128 valence electrons. The van der Waals surface area contributed by atoms with E-state index in [0.717, 1.165) is 43.1 Å². The molecule has 0 aliphatic carbocycles. The Morgan fingerprint density at radius 3 is 2.96 bits per heavy atom. The van der Waals surface area contributed by atoms with Crippen molar-refractivity contribution in [2.24, 2.45) is 5.92 Å². The van der Waals surface area contributed by atoms with E-state index in [1.807, 2.05) is 24.3 Å². The second-order valence-corrected chi connectivity index (χ2v) is 6.25. The van der Waals surface area contributed by atoms with Gasteiger partial charge in [0.05, 0.1) is 12.8 Å². The Labute approximate surface area is 146 Å². The molecule has 2 aromatic heterocycles. The Bertz CT molecular complexity index is 869. The van der Waals surface area contributed by atoms with Crippen LogP contribution in [0, 0.1) is 5.92 Å². The van der Waals surface area contributed by atoms with Gasteiger partial charge in [-0.25, -0.2) is 9.97 Å². The van der Waals surface area contributed by atoms with Crippen molar-refractivity contribution in [3.63, 3.8) is 0 Å². The fourth-order valence-corrected chi connectivity index (χ4v) is 3.31. The third kappa shape index (κ3) is 3.33. The summed E-state index contributed by atoms with van der Waals surface area (Å²) in [7, 11) is 1.72. The zero-order chi connectivity index (χ0) is 17.1. The van der Waals surface area contributed by atoms with Gasteiger partial charge >= 0.3 is 0 Å². The van der Waals surface area contributed by atoms with Crippen molar-refractivity contribution in [3.05, 3.63) is 48.8 Å². The number of fused-ring (bicyclic) bond motifs is 1. The monoisotopic (exact) mass is 335 g/mol. The van der Waals surface area contributed by atoms with E-state index in [1.54, 1.807) is 19.5 Å². The Balaban J connectivity index is 1.39. The van der Waals surface area contributed by atoms with E-state index in [-0.39, 0.29) is 0 Å². The van der Waals surface area contributed by atoms with Gasteiger partial charge in [0.25, 0.3) is 0 Å². The number of anilines is 2. The van der Waals surface area contributed by atoms with Crippen LogP contribution in [0.4, 0.5) is 11.5 Å². The first-order chi connectivity index (χ1) is 12.3. The van der Waals surface area contributed by atoms with Crippen molar-refractivity contribution in [3.8, 4) is 5.75 Å². The van der Waals surface area contributed by atoms with E-state index in [4.69, 9.17) is 4.74 Å². The van der Waals surface area contributed by atoms with Crippen molar-refractivity contribution in [2.75, 3.05) is 37.0 Å². The van der Waals surface area contributed by atoms with Crippen molar-refractivity contribution in [2.45, 2.75) is 6.42 Å². The van der Waals surface area contributed by atoms with Gasteiger partial charge in [0.15, 0.2) is 5.65 Å². The lowest BCUT2D eigenvalue weighted by molar-refractivity contribution is 0.414. The molecule has 1 aliphatic rings. The van der Waals surface area contributed by atoms with E-state index < -0.39 is 0 Å². The Hall–Kier alpha value is -2.89. The zero-order valence-electron chi connectivity index (χ0n) is 14.2. The summed E-state index contributed by atoms with van der Waals surface area (Å²) in [6, 6.07) is 12.1.